The Morgan fingerprint density at radius 1 is 1.21 bits per heavy atom. The number of ether oxygens (including phenoxy) is 1. The van der Waals surface area contributed by atoms with Gasteiger partial charge in [-0.3, -0.25) is 10.1 Å². The predicted molar refractivity (Wildman–Crippen MR) is 122 cm³/mol. The maximum Gasteiger partial charge on any atom is 0.348 e. The zero-order chi connectivity index (χ0) is 23.6. The molecule has 2 aromatic carbocycles. The van der Waals surface area contributed by atoms with Crippen molar-refractivity contribution in [2.24, 2.45) is 17.3 Å². The van der Waals surface area contributed by atoms with Gasteiger partial charge in [0, 0.05) is 18.7 Å². The minimum atomic E-state index is -0.516. The third kappa shape index (κ3) is 7.78. The zero-order valence-electron chi connectivity index (χ0n) is 18.1. The highest BCUT2D eigenvalue weighted by Gasteiger charge is 2.10. The van der Waals surface area contributed by atoms with Crippen molar-refractivity contribution in [3.63, 3.8) is 0 Å². The normalized spacial score (nSPS) is 11.1. The van der Waals surface area contributed by atoms with E-state index in [2.05, 4.69) is 15.5 Å². The molecule has 0 saturated carbocycles. The first-order chi connectivity index (χ1) is 15.9. The van der Waals surface area contributed by atoms with E-state index in [9.17, 15) is 14.9 Å². The lowest BCUT2D eigenvalue weighted by Gasteiger charge is -2.06. The van der Waals surface area contributed by atoms with Crippen LogP contribution in [0.3, 0.4) is 0 Å². The van der Waals surface area contributed by atoms with Crippen molar-refractivity contribution in [3.05, 3.63) is 81.9 Å². The smallest absolute Gasteiger partial charge is 0.348 e. The van der Waals surface area contributed by atoms with Crippen LogP contribution in [0.2, 0.25) is 5.02 Å². The number of nitro benzene ring substituents is 1. The van der Waals surface area contributed by atoms with Crippen LogP contribution >= 0.6 is 11.6 Å². The highest BCUT2D eigenvalue weighted by atomic mass is 35.5. The number of rotatable bonds is 11. The molecule has 1 aromatic heterocycles. The van der Waals surface area contributed by atoms with Crippen LogP contribution in [0.4, 0.5) is 17.1 Å². The second-order valence-corrected chi connectivity index (χ2v) is 7.64. The van der Waals surface area contributed by atoms with E-state index in [0.29, 0.717) is 24.5 Å². The van der Waals surface area contributed by atoms with Crippen LogP contribution in [-0.4, -0.2) is 35.2 Å². The zero-order valence-corrected chi connectivity index (χ0v) is 18.8. The molecule has 33 heavy (non-hydrogen) atoms. The van der Waals surface area contributed by atoms with E-state index >= 15 is 0 Å². The van der Waals surface area contributed by atoms with Crippen LogP contribution in [0.25, 0.3) is 0 Å². The minimum absolute atomic E-state index is 0.0961. The Labute approximate surface area is 195 Å². The van der Waals surface area contributed by atoms with Crippen molar-refractivity contribution in [2.45, 2.75) is 13.0 Å². The molecule has 3 rings (SSSR count). The molecule has 172 valence electrons. The number of halogens is 1. The van der Waals surface area contributed by atoms with Gasteiger partial charge in [0.1, 0.15) is 24.7 Å². The summed E-state index contributed by atoms with van der Waals surface area (Å²) in [7, 11) is 1.89. The largest absolute Gasteiger partial charge is 0.461 e. The lowest BCUT2D eigenvalue weighted by molar-refractivity contribution is -0.671. The Morgan fingerprint density at radius 3 is 2.67 bits per heavy atom. The number of hydrogen-bond donors (Lipinski definition) is 1. The fourth-order valence-corrected chi connectivity index (χ4v) is 3.13. The number of benzene rings is 2. The third-order valence-corrected chi connectivity index (χ3v) is 4.92. The molecule has 0 fully saturated rings. The lowest BCUT2D eigenvalue weighted by Crippen LogP contribution is -2.26. The third-order valence-electron chi connectivity index (χ3n) is 4.62. The molecule has 0 atom stereocenters. The molecule has 0 unspecified atom stereocenters. The van der Waals surface area contributed by atoms with E-state index in [4.69, 9.17) is 16.3 Å². The number of imidazole rings is 1. The van der Waals surface area contributed by atoms with Crippen molar-refractivity contribution < 1.29 is 19.0 Å². The standard InChI is InChI=1S/C22H24ClN6O4/c1-27-11-12-28(16-27)15-22(30)33-13-10-24-9-8-17-2-4-18(5-3-17)25-26-21-7-6-19(29(31)32)14-20(21)23/h2-7,11-12,14,16,24H,8-10,13,15H2,1H3/q+1. The summed E-state index contributed by atoms with van der Waals surface area (Å²) >= 11 is 6.02. The molecule has 1 N–H and O–H groups in total. The van der Waals surface area contributed by atoms with Gasteiger partial charge >= 0.3 is 5.97 Å². The summed E-state index contributed by atoms with van der Waals surface area (Å²) in [5.41, 5.74) is 2.02. The van der Waals surface area contributed by atoms with E-state index in [1.54, 1.807) is 4.57 Å². The number of azo groups is 1. The number of carbonyl (C=O) groups is 1. The Bertz CT molecular complexity index is 1130. The molecule has 0 aliphatic heterocycles. The number of aryl methyl sites for hydroxylation is 1. The summed E-state index contributed by atoms with van der Waals surface area (Å²) in [5.74, 6) is -0.271. The molecule has 0 amide bonds. The molecule has 0 spiro atoms. The molecule has 0 aliphatic rings. The SMILES string of the molecule is C[n+]1ccn(CC(=O)OCCNCCc2ccc(N=Nc3ccc([N+](=O)[O-])cc3Cl)cc2)c1. The molecule has 1 heterocycles. The average molecular weight is 472 g/mol. The molecular formula is C22H24ClN6O4+. The van der Waals surface area contributed by atoms with Gasteiger partial charge in [-0.1, -0.05) is 23.7 Å². The van der Waals surface area contributed by atoms with E-state index in [0.717, 1.165) is 18.5 Å². The first kappa shape index (κ1) is 24.0. The van der Waals surface area contributed by atoms with Gasteiger partial charge in [-0.05, 0) is 36.7 Å². The molecular weight excluding hydrogens is 448 g/mol. The van der Waals surface area contributed by atoms with E-state index < -0.39 is 4.92 Å². The number of aromatic nitrogens is 2. The van der Waals surface area contributed by atoms with Crippen LogP contribution in [-0.2, 0) is 29.5 Å². The number of nitrogens with one attached hydrogen (secondary N) is 1. The Balaban J connectivity index is 1.35. The Morgan fingerprint density at radius 2 is 2.00 bits per heavy atom. The number of hydrogen-bond acceptors (Lipinski definition) is 7. The summed E-state index contributed by atoms with van der Waals surface area (Å²) in [5, 5.41) is 22.4. The van der Waals surface area contributed by atoms with Gasteiger partial charge < -0.3 is 10.1 Å². The van der Waals surface area contributed by atoms with Crippen LogP contribution < -0.4 is 9.88 Å². The summed E-state index contributed by atoms with van der Waals surface area (Å²) < 4.78 is 8.84. The maximum atomic E-state index is 11.8. The highest BCUT2D eigenvalue weighted by molar-refractivity contribution is 6.33. The number of nitrogens with zero attached hydrogens (tertiary/aromatic N) is 5. The number of carbonyl (C=O) groups excluding carboxylic acids is 1. The van der Waals surface area contributed by atoms with Gasteiger partial charge in [0.15, 0.2) is 6.54 Å². The van der Waals surface area contributed by atoms with Crippen LogP contribution in [0, 0.1) is 10.1 Å². The van der Waals surface area contributed by atoms with Gasteiger partial charge in [0.05, 0.1) is 22.7 Å². The van der Waals surface area contributed by atoms with E-state index in [1.165, 1.54) is 18.2 Å². The number of esters is 1. The van der Waals surface area contributed by atoms with Crippen LogP contribution in [0.5, 0.6) is 0 Å². The summed E-state index contributed by atoms with van der Waals surface area (Å²) in [6.07, 6.45) is 6.30. The first-order valence-corrected chi connectivity index (χ1v) is 10.6. The maximum absolute atomic E-state index is 11.8. The monoisotopic (exact) mass is 471 g/mol. The Hall–Kier alpha value is -3.63. The van der Waals surface area contributed by atoms with Gasteiger partial charge in [0.2, 0.25) is 6.33 Å². The molecule has 0 saturated heterocycles. The van der Waals surface area contributed by atoms with E-state index in [1.807, 2.05) is 54.6 Å². The second-order valence-electron chi connectivity index (χ2n) is 7.23. The summed E-state index contributed by atoms with van der Waals surface area (Å²) in [6, 6.07) is 11.6. The predicted octanol–water partition coefficient (Wildman–Crippen LogP) is 3.67. The average Bonchev–Trinajstić information content (AvgIpc) is 3.20. The highest BCUT2D eigenvalue weighted by Crippen LogP contribution is 2.30. The topological polar surface area (TPSA) is 115 Å². The van der Waals surface area contributed by atoms with Crippen molar-refractivity contribution in [3.8, 4) is 0 Å². The molecule has 3 aromatic rings. The quantitative estimate of drug-likeness (QED) is 0.114. The van der Waals surface area contributed by atoms with Crippen LogP contribution in [0.1, 0.15) is 5.56 Å². The fraction of sp³-hybridized carbons (Fsp3) is 0.273. The van der Waals surface area contributed by atoms with Crippen molar-refractivity contribution in [1.82, 2.24) is 9.88 Å². The van der Waals surface area contributed by atoms with Gasteiger partial charge in [-0.15, -0.1) is 5.11 Å². The fourth-order valence-electron chi connectivity index (χ4n) is 2.92. The summed E-state index contributed by atoms with van der Waals surface area (Å²) in [4.78, 5) is 22.0. The number of nitro groups is 1. The van der Waals surface area contributed by atoms with Crippen molar-refractivity contribution in [1.29, 1.82) is 0 Å². The van der Waals surface area contributed by atoms with Gasteiger partial charge in [-0.2, -0.15) is 5.11 Å². The summed E-state index contributed by atoms with van der Waals surface area (Å²) in [6.45, 7) is 1.83. The molecule has 0 radical (unpaired) electrons. The second kappa shape index (κ2) is 11.8. The number of non-ortho nitro benzene ring substituents is 1. The van der Waals surface area contributed by atoms with Crippen molar-refractivity contribution >= 4 is 34.6 Å². The van der Waals surface area contributed by atoms with Crippen molar-refractivity contribution in [2.75, 3.05) is 19.7 Å². The van der Waals surface area contributed by atoms with E-state index in [-0.39, 0.29) is 23.2 Å². The molecule has 0 aliphatic carbocycles. The van der Waals surface area contributed by atoms with Gasteiger partial charge in [-0.25, -0.2) is 13.9 Å². The Kier molecular flexibility index (Phi) is 8.62. The molecule has 0 bridgehead atoms. The minimum Gasteiger partial charge on any atom is -0.461 e. The molecule has 10 nitrogen and oxygen atoms in total. The van der Waals surface area contributed by atoms with Gasteiger partial charge in [0.25, 0.3) is 5.69 Å². The first-order valence-electron chi connectivity index (χ1n) is 10.2. The lowest BCUT2D eigenvalue weighted by atomic mass is 10.1. The molecule has 11 heteroatoms. The van der Waals surface area contributed by atoms with Crippen LogP contribution in [0.15, 0.2) is 71.4 Å².